The van der Waals surface area contributed by atoms with Crippen LogP contribution in [0, 0.1) is 6.92 Å². The van der Waals surface area contributed by atoms with E-state index in [2.05, 4.69) is 22.4 Å². The molecule has 0 radical (unpaired) electrons. The number of aryl methyl sites for hydroxylation is 1. The van der Waals surface area contributed by atoms with Crippen LogP contribution < -0.4 is 5.32 Å². The van der Waals surface area contributed by atoms with Gasteiger partial charge in [-0.2, -0.15) is 5.10 Å². The van der Waals surface area contributed by atoms with Gasteiger partial charge in [0.05, 0.1) is 5.69 Å². The molecule has 0 aromatic carbocycles. The summed E-state index contributed by atoms with van der Waals surface area (Å²) < 4.78 is 0. The van der Waals surface area contributed by atoms with Crippen molar-refractivity contribution in [2.75, 3.05) is 0 Å². The average Bonchev–Trinajstić information content (AvgIpc) is 2.35. The van der Waals surface area contributed by atoms with Gasteiger partial charge >= 0.3 is 0 Å². The minimum absolute atomic E-state index is 0. The normalized spacial score (nSPS) is 14.5. The molecule has 0 saturated heterocycles. The molecule has 0 spiro atoms. The summed E-state index contributed by atoms with van der Waals surface area (Å²) in [6.07, 6.45) is 0. The third-order valence-corrected chi connectivity index (χ3v) is 1.75. The second-order valence-electron chi connectivity index (χ2n) is 2.38. The average molecular weight is 160 g/mol. The second-order valence-corrected chi connectivity index (χ2v) is 2.38. The topological polar surface area (TPSA) is 40.7 Å². The second kappa shape index (κ2) is 2.60. The molecule has 0 amide bonds. The predicted molar refractivity (Wildman–Crippen MR) is 41.1 cm³/mol. The molecule has 1 aliphatic rings. The highest BCUT2D eigenvalue weighted by molar-refractivity contribution is 5.85. The van der Waals surface area contributed by atoms with E-state index in [0.717, 1.165) is 13.1 Å². The summed E-state index contributed by atoms with van der Waals surface area (Å²) in [5.74, 6) is 0. The molecule has 0 bridgehead atoms. The highest BCUT2D eigenvalue weighted by atomic mass is 35.5. The first kappa shape index (κ1) is 7.57. The zero-order chi connectivity index (χ0) is 6.27. The molecule has 0 aliphatic carbocycles. The number of rotatable bonds is 0. The molecule has 1 aliphatic heterocycles. The van der Waals surface area contributed by atoms with Gasteiger partial charge in [0.25, 0.3) is 0 Å². The Hall–Kier alpha value is -0.540. The van der Waals surface area contributed by atoms with E-state index in [1.807, 2.05) is 0 Å². The van der Waals surface area contributed by atoms with Gasteiger partial charge in [-0.1, -0.05) is 0 Å². The molecule has 4 heteroatoms. The van der Waals surface area contributed by atoms with Gasteiger partial charge < -0.3 is 5.32 Å². The van der Waals surface area contributed by atoms with Gasteiger partial charge in [-0.05, 0) is 6.92 Å². The lowest BCUT2D eigenvalue weighted by Crippen LogP contribution is -2.02. The summed E-state index contributed by atoms with van der Waals surface area (Å²) in [6, 6.07) is 0. The van der Waals surface area contributed by atoms with E-state index in [9.17, 15) is 0 Å². The van der Waals surface area contributed by atoms with Gasteiger partial charge in [0.2, 0.25) is 0 Å². The smallest absolute Gasteiger partial charge is 0.0807 e. The lowest BCUT2D eigenvalue weighted by Gasteiger charge is -1.87. The number of H-pyrrole nitrogens is 1. The largest absolute Gasteiger partial charge is 0.307 e. The zero-order valence-electron chi connectivity index (χ0n) is 5.77. The van der Waals surface area contributed by atoms with Crippen LogP contribution >= 0.6 is 12.4 Å². The standard InChI is InChI=1S/C6H9N3.ClH/c1-4-5-2-7-3-6(5)9-8-4;/h7H,2-3H2,1H3,(H,8,9);1H. The van der Waals surface area contributed by atoms with Gasteiger partial charge in [-0.15, -0.1) is 12.4 Å². The number of halogens is 1. The van der Waals surface area contributed by atoms with Crippen LogP contribution in [0.2, 0.25) is 0 Å². The van der Waals surface area contributed by atoms with E-state index >= 15 is 0 Å². The van der Waals surface area contributed by atoms with Gasteiger partial charge in [-0.3, -0.25) is 5.10 Å². The number of nitrogens with one attached hydrogen (secondary N) is 2. The number of nitrogens with zero attached hydrogens (tertiary/aromatic N) is 1. The van der Waals surface area contributed by atoms with Crippen LogP contribution in [0.4, 0.5) is 0 Å². The SMILES string of the molecule is Cc1[nH]nc2c1CNC2.Cl. The van der Waals surface area contributed by atoms with Crippen LogP contribution in [0.25, 0.3) is 0 Å². The summed E-state index contributed by atoms with van der Waals surface area (Å²) in [5, 5.41) is 10.3. The van der Waals surface area contributed by atoms with Crippen LogP contribution in [0.5, 0.6) is 0 Å². The lowest BCUT2D eigenvalue weighted by molar-refractivity contribution is 0.737. The molecule has 2 heterocycles. The Morgan fingerprint density at radius 3 is 2.90 bits per heavy atom. The first-order chi connectivity index (χ1) is 4.38. The van der Waals surface area contributed by atoms with Crippen molar-refractivity contribution in [3.63, 3.8) is 0 Å². The molecule has 1 aromatic heterocycles. The van der Waals surface area contributed by atoms with E-state index in [1.165, 1.54) is 17.0 Å². The van der Waals surface area contributed by atoms with E-state index < -0.39 is 0 Å². The quantitative estimate of drug-likeness (QED) is 0.587. The molecule has 0 fully saturated rings. The van der Waals surface area contributed by atoms with E-state index in [1.54, 1.807) is 0 Å². The van der Waals surface area contributed by atoms with E-state index in [-0.39, 0.29) is 12.4 Å². The maximum absolute atomic E-state index is 4.11. The summed E-state index contributed by atoms with van der Waals surface area (Å²) in [4.78, 5) is 0. The first-order valence-electron chi connectivity index (χ1n) is 3.11. The van der Waals surface area contributed by atoms with Crippen molar-refractivity contribution in [3.05, 3.63) is 17.0 Å². The lowest BCUT2D eigenvalue weighted by atomic mass is 10.2. The number of fused-ring (bicyclic) bond motifs is 1. The molecule has 0 unspecified atom stereocenters. The molecule has 2 rings (SSSR count). The Morgan fingerprint density at radius 1 is 1.40 bits per heavy atom. The Balaban J connectivity index is 0.000000500. The molecule has 3 nitrogen and oxygen atoms in total. The first-order valence-corrected chi connectivity index (χ1v) is 3.11. The molecule has 10 heavy (non-hydrogen) atoms. The Kier molecular flexibility index (Phi) is 1.97. The third-order valence-electron chi connectivity index (χ3n) is 1.75. The number of aromatic nitrogens is 2. The molecular weight excluding hydrogens is 150 g/mol. The summed E-state index contributed by atoms with van der Waals surface area (Å²) in [6.45, 7) is 3.97. The van der Waals surface area contributed by atoms with Crippen molar-refractivity contribution in [3.8, 4) is 0 Å². The van der Waals surface area contributed by atoms with Crippen molar-refractivity contribution >= 4 is 12.4 Å². The van der Waals surface area contributed by atoms with Gasteiger partial charge in [-0.25, -0.2) is 0 Å². The van der Waals surface area contributed by atoms with Gasteiger partial charge in [0, 0.05) is 24.3 Å². The fourth-order valence-corrected chi connectivity index (χ4v) is 1.19. The summed E-state index contributed by atoms with van der Waals surface area (Å²) >= 11 is 0. The monoisotopic (exact) mass is 159 g/mol. The van der Waals surface area contributed by atoms with Crippen LogP contribution in [0.3, 0.4) is 0 Å². The van der Waals surface area contributed by atoms with Crippen LogP contribution in [-0.2, 0) is 13.1 Å². The van der Waals surface area contributed by atoms with Crippen molar-refractivity contribution in [1.29, 1.82) is 0 Å². The Labute approximate surface area is 65.6 Å². The predicted octanol–water partition coefficient (Wildman–Crippen LogP) is 0.743. The molecule has 2 N–H and O–H groups in total. The molecule has 56 valence electrons. The third kappa shape index (κ3) is 0.914. The van der Waals surface area contributed by atoms with Crippen molar-refractivity contribution in [2.45, 2.75) is 20.0 Å². The molecular formula is C6H10ClN3. The summed E-state index contributed by atoms with van der Waals surface area (Å²) in [5.41, 5.74) is 3.75. The van der Waals surface area contributed by atoms with Crippen molar-refractivity contribution < 1.29 is 0 Å². The van der Waals surface area contributed by atoms with E-state index in [0.29, 0.717) is 0 Å². The Morgan fingerprint density at radius 2 is 2.20 bits per heavy atom. The Bertz CT molecular complexity index is 231. The summed E-state index contributed by atoms with van der Waals surface area (Å²) in [7, 11) is 0. The van der Waals surface area contributed by atoms with Crippen molar-refractivity contribution in [1.82, 2.24) is 15.5 Å². The highest BCUT2D eigenvalue weighted by Gasteiger charge is 2.14. The van der Waals surface area contributed by atoms with Crippen LogP contribution in [0.1, 0.15) is 17.0 Å². The molecule has 1 aromatic rings. The number of aromatic amines is 1. The van der Waals surface area contributed by atoms with Crippen molar-refractivity contribution in [2.24, 2.45) is 0 Å². The number of hydrogen-bond acceptors (Lipinski definition) is 2. The number of hydrogen-bond donors (Lipinski definition) is 2. The van der Waals surface area contributed by atoms with Crippen LogP contribution in [-0.4, -0.2) is 10.2 Å². The maximum Gasteiger partial charge on any atom is 0.0807 e. The fourth-order valence-electron chi connectivity index (χ4n) is 1.19. The molecule has 0 saturated carbocycles. The van der Waals surface area contributed by atoms with Gasteiger partial charge in [0.15, 0.2) is 0 Å². The minimum Gasteiger partial charge on any atom is -0.307 e. The fraction of sp³-hybridized carbons (Fsp3) is 0.500. The van der Waals surface area contributed by atoms with Crippen LogP contribution in [0.15, 0.2) is 0 Å². The maximum atomic E-state index is 4.11. The minimum atomic E-state index is 0. The highest BCUT2D eigenvalue weighted by Crippen LogP contribution is 2.14. The van der Waals surface area contributed by atoms with Gasteiger partial charge in [0.1, 0.15) is 0 Å². The molecule has 0 atom stereocenters. The van der Waals surface area contributed by atoms with E-state index in [4.69, 9.17) is 0 Å². The zero-order valence-corrected chi connectivity index (χ0v) is 6.59.